The molecule has 18 heavy (non-hydrogen) atoms. The standard InChI is InChI=1S/C12H11ClF2N2O/c13-8-4-2-1-3-6(8)12(10(14)15)7-5-9(7)18-11(16)17-12/h1-4,7,9-10H,5H2,(H2,16,17)/t7?,9-,12-/m1/s1. The maximum atomic E-state index is 13.6. The number of nitrogens with two attached hydrogens (primary N) is 1. The van der Waals surface area contributed by atoms with E-state index < -0.39 is 12.0 Å². The molecule has 1 aliphatic heterocycles. The highest BCUT2D eigenvalue weighted by Gasteiger charge is 2.63. The van der Waals surface area contributed by atoms with E-state index in [2.05, 4.69) is 4.99 Å². The van der Waals surface area contributed by atoms with E-state index >= 15 is 0 Å². The van der Waals surface area contributed by atoms with E-state index in [0.717, 1.165) is 0 Å². The number of aliphatic imine (C=N–C) groups is 1. The molecule has 1 unspecified atom stereocenters. The van der Waals surface area contributed by atoms with Crippen LogP contribution >= 0.6 is 11.6 Å². The highest BCUT2D eigenvalue weighted by molar-refractivity contribution is 6.31. The topological polar surface area (TPSA) is 47.6 Å². The van der Waals surface area contributed by atoms with Gasteiger partial charge in [-0.05, 0) is 12.5 Å². The van der Waals surface area contributed by atoms with Crippen LogP contribution in [-0.4, -0.2) is 18.6 Å². The van der Waals surface area contributed by atoms with Gasteiger partial charge in [-0.2, -0.15) is 0 Å². The highest BCUT2D eigenvalue weighted by atomic mass is 35.5. The second-order valence-electron chi connectivity index (χ2n) is 4.55. The molecule has 2 N–H and O–H groups in total. The quantitative estimate of drug-likeness (QED) is 0.899. The normalized spacial score (nSPS) is 33.7. The number of hydrogen-bond acceptors (Lipinski definition) is 3. The van der Waals surface area contributed by atoms with Gasteiger partial charge >= 0.3 is 0 Å². The van der Waals surface area contributed by atoms with Crippen molar-refractivity contribution in [2.75, 3.05) is 0 Å². The van der Waals surface area contributed by atoms with Crippen LogP contribution in [-0.2, 0) is 10.3 Å². The van der Waals surface area contributed by atoms with Gasteiger partial charge in [-0.3, -0.25) is 0 Å². The van der Waals surface area contributed by atoms with Crippen molar-refractivity contribution < 1.29 is 13.5 Å². The molecule has 1 aromatic rings. The van der Waals surface area contributed by atoms with E-state index in [4.69, 9.17) is 22.1 Å². The molecule has 3 nitrogen and oxygen atoms in total. The molecule has 0 radical (unpaired) electrons. The summed E-state index contributed by atoms with van der Waals surface area (Å²) in [7, 11) is 0. The fourth-order valence-electron chi connectivity index (χ4n) is 2.59. The van der Waals surface area contributed by atoms with E-state index in [0.29, 0.717) is 12.0 Å². The Hall–Kier alpha value is -1.36. The minimum Gasteiger partial charge on any atom is -0.462 e. The van der Waals surface area contributed by atoms with E-state index in [1.807, 2.05) is 0 Å². The molecule has 0 amide bonds. The van der Waals surface area contributed by atoms with Crippen molar-refractivity contribution in [3.63, 3.8) is 0 Å². The molecule has 0 spiro atoms. The fraction of sp³-hybridized carbons (Fsp3) is 0.417. The minimum absolute atomic E-state index is 0.186. The molecule has 1 saturated carbocycles. The lowest BCUT2D eigenvalue weighted by atomic mass is 9.85. The molecule has 1 heterocycles. The molecule has 0 bridgehead atoms. The third-order valence-corrected chi connectivity index (χ3v) is 3.83. The molecular weight excluding hydrogens is 262 g/mol. The number of amidine groups is 1. The Morgan fingerprint density at radius 2 is 2.17 bits per heavy atom. The Bertz CT molecular complexity index is 523. The summed E-state index contributed by atoms with van der Waals surface area (Å²) in [5.74, 6) is -0.357. The average Bonchev–Trinajstić information content (AvgIpc) is 3.07. The van der Waals surface area contributed by atoms with Crippen LogP contribution in [0.2, 0.25) is 5.02 Å². The van der Waals surface area contributed by atoms with Crippen molar-refractivity contribution >= 4 is 17.6 Å². The molecule has 0 aromatic heterocycles. The van der Waals surface area contributed by atoms with Crippen molar-refractivity contribution in [2.45, 2.75) is 24.5 Å². The number of ether oxygens (including phenoxy) is 1. The number of alkyl halides is 2. The summed E-state index contributed by atoms with van der Waals surface area (Å²) < 4.78 is 32.4. The summed E-state index contributed by atoms with van der Waals surface area (Å²) >= 11 is 6.04. The molecule has 1 aromatic carbocycles. The first-order valence-corrected chi connectivity index (χ1v) is 5.98. The average molecular weight is 273 g/mol. The third-order valence-electron chi connectivity index (χ3n) is 3.50. The zero-order chi connectivity index (χ0) is 12.9. The van der Waals surface area contributed by atoms with Crippen molar-refractivity contribution in [1.29, 1.82) is 0 Å². The Morgan fingerprint density at radius 3 is 2.83 bits per heavy atom. The van der Waals surface area contributed by atoms with Gasteiger partial charge in [0.05, 0.1) is 0 Å². The number of rotatable bonds is 2. The Labute approximate surface area is 108 Å². The van der Waals surface area contributed by atoms with Crippen LogP contribution in [0.1, 0.15) is 12.0 Å². The van der Waals surface area contributed by atoms with Gasteiger partial charge in [-0.1, -0.05) is 29.8 Å². The zero-order valence-corrected chi connectivity index (χ0v) is 10.1. The molecule has 96 valence electrons. The van der Waals surface area contributed by atoms with Gasteiger partial charge in [0.1, 0.15) is 6.10 Å². The van der Waals surface area contributed by atoms with E-state index in [1.165, 1.54) is 0 Å². The summed E-state index contributed by atoms with van der Waals surface area (Å²) in [6, 6.07) is 6.34. The van der Waals surface area contributed by atoms with Crippen LogP contribution in [0.25, 0.3) is 0 Å². The largest absolute Gasteiger partial charge is 0.462 e. The van der Waals surface area contributed by atoms with Gasteiger partial charge in [0, 0.05) is 16.5 Å². The summed E-state index contributed by atoms with van der Waals surface area (Å²) in [6.07, 6.45) is -2.41. The second kappa shape index (κ2) is 3.82. The molecular formula is C12H11ClF2N2O. The van der Waals surface area contributed by atoms with E-state index in [9.17, 15) is 8.78 Å². The van der Waals surface area contributed by atoms with Gasteiger partial charge in [0.25, 0.3) is 12.4 Å². The van der Waals surface area contributed by atoms with Crippen molar-refractivity contribution in [3.05, 3.63) is 34.9 Å². The minimum atomic E-state index is -2.67. The SMILES string of the molecule is NC1=N[C@@](c2ccccc2Cl)(C(F)F)C2C[C@H]2O1. The predicted molar refractivity (Wildman–Crippen MR) is 63.7 cm³/mol. The second-order valence-corrected chi connectivity index (χ2v) is 4.96. The summed E-state index contributed by atoms with van der Waals surface area (Å²) in [5, 5.41) is 0.280. The van der Waals surface area contributed by atoms with E-state index in [-0.39, 0.29) is 23.1 Å². The monoisotopic (exact) mass is 272 g/mol. The van der Waals surface area contributed by atoms with Crippen molar-refractivity contribution in [1.82, 2.24) is 0 Å². The van der Waals surface area contributed by atoms with Crippen LogP contribution in [0.4, 0.5) is 8.78 Å². The predicted octanol–water partition coefficient (Wildman–Crippen LogP) is 2.53. The number of halogens is 3. The maximum absolute atomic E-state index is 13.6. The van der Waals surface area contributed by atoms with Crippen LogP contribution in [0, 0.1) is 5.92 Å². The molecule has 1 fully saturated rings. The number of fused-ring (bicyclic) bond motifs is 1. The summed E-state index contributed by atoms with van der Waals surface area (Å²) in [4.78, 5) is 3.90. The van der Waals surface area contributed by atoms with Crippen LogP contribution in [0.15, 0.2) is 29.3 Å². The first-order chi connectivity index (χ1) is 8.55. The lowest BCUT2D eigenvalue weighted by molar-refractivity contribution is 0.0197. The van der Waals surface area contributed by atoms with E-state index in [1.54, 1.807) is 24.3 Å². The highest BCUT2D eigenvalue weighted by Crippen LogP contribution is 2.56. The van der Waals surface area contributed by atoms with Crippen LogP contribution in [0.5, 0.6) is 0 Å². The molecule has 0 saturated heterocycles. The van der Waals surface area contributed by atoms with Gasteiger partial charge in [-0.25, -0.2) is 13.8 Å². The number of hydrogen-bond donors (Lipinski definition) is 1. The van der Waals surface area contributed by atoms with Crippen LogP contribution in [0.3, 0.4) is 0 Å². The Kier molecular flexibility index (Phi) is 2.48. The van der Waals surface area contributed by atoms with Gasteiger partial charge in [-0.15, -0.1) is 0 Å². The molecule has 2 aliphatic rings. The van der Waals surface area contributed by atoms with Crippen molar-refractivity contribution in [3.8, 4) is 0 Å². The van der Waals surface area contributed by atoms with Gasteiger partial charge in [0.15, 0.2) is 5.54 Å². The lowest BCUT2D eigenvalue weighted by Gasteiger charge is -2.33. The summed E-state index contributed by atoms with van der Waals surface area (Å²) in [5.41, 5.74) is 4.16. The Morgan fingerprint density at radius 1 is 1.44 bits per heavy atom. The first kappa shape index (κ1) is 11.7. The molecule has 1 aliphatic carbocycles. The Balaban J connectivity index is 2.19. The number of benzene rings is 1. The van der Waals surface area contributed by atoms with Gasteiger partial charge < -0.3 is 10.5 Å². The number of nitrogens with zero attached hydrogens (tertiary/aromatic N) is 1. The zero-order valence-electron chi connectivity index (χ0n) is 9.32. The molecule has 3 rings (SSSR count). The lowest BCUT2D eigenvalue weighted by Crippen LogP contribution is -2.42. The first-order valence-electron chi connectivity index (χ1n) is 5.61. The third kappa shape index (κ3) is 1.50. The maximum Gasteiger partial charge on any atom is 0.283 e. The van der Waals surface area contributed by atoms with Crippen LogP contribution < -0.4 is 5.73 Å². The molecule has 3 atom stereocenters. The molecule has 6 heteroatoms. The van der Waals surface area contributed by atoms with Gasteiger partial charge in [0.2, 0.25) is 0 Å². The smallest absolute Gasteiger partial charge is 0.283 e. The summed E-state index contributed by atoms with van der Waals surface area (Å²) in [6.45, 7) is 0. The van der Waals surface area contributed by atoms with Crippen molar-refractivity contribution in [2.24, 2.45) is 16.6 Å². The fourth-order valence-corrected chi connectivity index (χ4v) is 2.87.